The molecule has 0 spiro atoms. The van der Waals surface area contributed by atoms with Crippen LogP contribution in [-0.2, 0) is 15.0 Å². The lowest BCUT2D eigenvalue weighted by molar-refractivity contribution is -0.114. The van der Waals surface area contributed by atoms with Gasteiger partial charge in [-0.1, -0.05) is 44.2 Å². The van der Waals surface area contributed by atoms with Crippen LogP contribution in [0.1, 0.15) is 25.3 Å². The molecule has 0 unspecified atom stereocenters. The molecule has 2 aromatic rings. The average molecular weight is 393 g/mol. The highest BCUT2D eigenvalue weighted by molar-refractivity contribution is 7.90. The normalized spacial score (nSPS) is 11.7. The Hall–Kier alpha value is -2.45. The maximum absolute atomic E-state index is 14.2. The summed E-state index contributed by atoms with van der Waals surface area (Å²) in [6.07, 6.45) is 0. The maximum atomic E-state index is 14.2. The van der Waals surface area contributed by atoms with Gasteiger partial charge < -0.3 is 5.32 Å². The van der Waals surface area contributed by atoms with Gasteiger partial charge in [-0.2, -0.15) is 12.7 Å². The van der Waals surface area contributed by atoms with Gasteiger partial charge in [-0.3, -0.25) is 4.79 Å². The molecule has 0 atom stereocenters. The molecule has 1 amide bonds. The van der Waals surface area contributed by atoms with Crippen molar-refractivity contribution in [2.75, 3.05) is 30.3 Å². The van der Waals surface area contributed by atoms with Gasteiger partial charge in [-0.25, -0.2) is 8.70 Å². The molecular weight excluding hydrogens is 369 g/mol. The van der Waals surface area contributed by atoms with E-state index in [9.17, 15) is 17.6 Å². The number of rotatable bonds is 7. The van der Waals surface area contributed by atoms with E-state index in [-0.39, 0.29) is 11.6 Å². The summed E-state index contributed by atoms with van der Waals surface area (Å²) >= 11 is 0. The Morgan fingerprint density at radius 3 is 2.26 bits per heavy atom. The Kier molecular flexibility index (Phi) is 6.56. The molecule has 1 N–H and O–H groups in total. The second kappa shape index (κ2) is 8.49. The van der Waals surface area contributed by atoms with Crippen LogP contribution in [0.15, 0.2) is 48.5 Å². The van der Waals surface area contributed by atoms with E-state index < -0.39 is 28.5 Å². The molecule has 0 aliphatic heterocycles. The van der Waals surface area contributed by atoms with E-state index in [1.807, 2.05) is 26.0 Å². The molecule has 0 fully saturated rings. The highest BCUT2D eigenvalue weighted by atomic mass is 32.2. The van der Waals surface area contributed by atoms with Crippen molar-refractivity contribution >= 4 is 27.5 Å². The third-order valence-corrected chi connectivity index (χ3v) is 5.81. The first-order valence-electron chi connectivity index (χ1n) is 8.48. The molecule has 8 heteroatoms. The molecule has 0 saturated heterocycles. The Bertz CT molecular complexity index is 914. The molecule has 0 aliphatic rings. The van der Waals surface area contributed by atoms with Crippen LogP contribution in [0.4, 0.5) is 15.8 Å². The lowest BCUT2D eigenvalue weighted by Crippen LogP contribution is -2.44. The van der Waals surface area contributed by atoms with Crippen molar-refractivity contribution in [3.63, 3.8) is 0 Å². The van der Waals surface area contributed by atoms with Gasteiger partial charge in [0.15, 0.2) is 0 Å². The third-order valence-electron chi connectivity index (χ3n) is 4.01. The summed E-state index contributed by atoms with van der Waals surface area (Å²) in [5.41, 5.74) is 1.35. The Labute approximate surface area is 159 Å². The number of anilines is 2. The summed E-state index contributed by atoms with van der Waals surface area (Å²) in [6.45, 7) is 3.44. The van der Waals surface area contributed by atoms with E-state index in [1.54, 1.807) is 12.1 Å². The van der Waals surface area contributed by atoms with Crippen molar-refractivity contribution in [1.82, 2.24) is 4.31 Å². The predicted molar refractivity (Wildman–Crippen MR) is 106 cm³/mol. The monoisotopic (exact) mass is 393 g/mol. The summed E-state index contributed by atoms with van der Waals surface area (Å²) in [5.74, 6) is -1.11. The number of nitrogens with one attached hydrogen (secondary N) is 1. The minimum absolute atomic E-state index is 0.176. The quantitative estimate of drug-likeness (QED) is 0.785. The van der Waals surface area contributed by atoms with E-state index in [4.69, 9.17) is 0 Å². The van der Waals surface area contributed by atoms with Gasteiger partial charge in [-0.15, -0.1) is 0 Å². The minimum Gasteiger partial charge on any atom is -0.324 e. The number of hydrogen-bond donors (Lipinski definition) is 1. The SMILES string of the molecule is CC(C)c1ccccc1NC(=O)CN(c1ccccc1F)S(=O)(=O)N(C)C. The number of halogens is 1. The van der Waals surface area contributed by atoms with Crippen molar-refractivity contribution in [2.45, 2.75) is 19.8 Å². The molecule has 0 aliphatic carbocycles. The fraction of sp³-hybridized carbons (Fsp3) is 0.316. The van der Waals surface area contributed by atoms with Crippen molar-refractivity contribution in [3.8, 4) is 0 Å². The number of para-hydroxylation sites is 2. The van der Waals surface area contributed by atoms with Gasteiger partial charge in [0.1, 0.15) is 12.4 Å². The van der Waals surface area contributed by atoms with Crippen molar-refractivity contribution in [2.24, 2.45) is 0 Å². The lowest BCUT2D eigenvalue weighted by Gasteiger charge is -2.27. The van der Waals surface area contributed by atoms with Gasteiger partial charge >= 0.3 is 10.2 Å². The molecule has 0 radical (unpaired) electrons. The van der Waals surface area contributed by atoms with E-state index >= 15 is 0 Å². The van der Waals surface area contributed by atoms with Crippen LogP contribution in [0.5, 0.6) is 0 Å². The molecule has 27 heavy (non-hydrogen) atoms. The summed E-state index contributed by atoms with van der Waals surface area (Å²) in [5, 5.41) is 2.74. The predicted octanol–water partition coefficient (Wildman–Crippen LogP) is 3.20. The number of benzene rings is 2. The number of amides is 1. The topological polar surface area (TPSA) is 69.7 Å². The highest BCUT2D eigenvalue weighted by Crippen LogP contribution is 2.25. The molecule has 0 bridgehead atoms. The first-order valence-corrected chi connectivity index (χ1v) is 9.87. The average Bonchev–Trinajstić information content (AvgIpc) is 2.60. The van der Waals surface area contributed by atoms with Crippen LogP contribution in [0.2, 0.25) is 0 Å². The van der Waals surface area contributed by atoms with E-state index in [2.05, 4.69) is 5.32 Å². The second-order valence-corrected chi connectivity index (χ2v) is 8.61. The van der Waals surface area contributed by atoms with E-state index in [0.717, 1.165) is 20.2 Å². The van der Waals surface area contributed by atoms with Crippen molar-refractivity contribution in [3.05, 3.63) is 59.9 Å². The maximum Gasteiger partial charge on any atom is 0.304 e. The zero-order valence-electron chi connectivity index (χ0n) is 15.8. The molecular formula is C19H24FN3O3S. The zero-order valence-corrected chi connectivity index (χ0v) is 16.6. The zero-order chi connectivity index (χ0) is 20.2. The van der Waals surface area contributed by atoms with Gasteiger partial charge in [0.2, 0.25) is 5.91 Å². The van der Waals surface area contributed by atoms with E-state index in [1.165, 1.54) is 32.3 Å². The molecule has 2 rings (SSSR count). The lowest BCUT2D eigenvalue weighted by atomic mass is 10.0. The minimum atomic E-state index is -4.06. The van der Waals surface area contributed by atoms with Crippen LogP contribution >= 0.6 is 0 Å². The van der Waals surface area contributed by atoms with Crippen LogP contribution < -0.4 is 9.62 Å². The summed E-state index contributed by atoms with van der Waals surface area (Å²) in [7, 11) is -1.41. The summed E-state index contributed by atoms with van der Waals surface area (Å²) < 4.78 is 41.2. The molecule has 0 aromatic heterocycles. The number of carbonyl (C=O) groups is 1. The molecule has 2 aromatic carbocycles. The van der Waals surface area contributed by atoms with Gasteiger partial charge in [0, 0.05) is 19.8 Å². The van der Waals surface area contributed by atoms with Crippen molar-refractivity contribution < 1.29 is 17.6 Å². The standard InChI is InChI=1S/C19H24FN3O3S/c1-14(2)15-9-5-7-11-17(15)21-19(24)13-23(27(25,26)22(3)4)18-12-8-6-10-16(18)20/h5-12,14H,13H2,1-4H3,(H,21,24). The third kappa shape index (κ3) is 4.84. The van der Waals surface area contributed by atoms with Crippen molar-refractivity contribution in [1.29, 1.82) is 0 Å². The van der Waals surface area contributed by atoms with Crippen LogP contribution in [0.3, 0.4) is 0 Å². The molecule has 6 nitrogen and oxygen atoms in total. The molecule has 0 heterocycles. The van der Waals surface area contributed by atoms with E-state index in [0.29, 0.717) is 5.69 Å². The largest absolute Gasteiger partial charge is 0.324 e. The van der Waals surface area contributed by atoms with Gasteiger partial charge in [0.05, 0.1) is 5.69 Å². The molecule has 146 valence electrons. The van der Waals surface area contributed by atoms with Crippen LogP contribution in [-0.4, -0.2) is 39.3 Å². The number of hydrogen-bond acceptors (Lipinski definition) is 3. The fourth-order valence-electron chi connectivity index (χ4n) is 2.58. The first-order chi connectivity index (χ1) is 12.6. The summed E-state index contributed by atoms with van der Waals surface area (Å²) in [6, 6.07) is 12.7. The summed E-state index contributed by atoms with van der Waals surface area (Å²) in [4.78, 5) is 12.6. The first kappa shape index (κ1) is 20.9. The van der Waals surface area contributed by atoms with Crippen LogP contribution in [0, 0.1) is 5.82 Å². The van der Waals surface area contributed by atoms with Gasteiger partial charge in [0.25, 0.3) is 0 Å². The number of nitrogens with zero attached hydrogens (tertiary/aromatic N) is 2. The second-order valence-electron chi connectivity index (χ2n) is 6.54. The number of carbonyl (C=O) groups excluding carboxylic acids is 1. The Balaban J connectivity index is 2.34. The molecule has 0 saturated carbocycles. The Morgan fingerprint density at radius 2 is 1.67 bits per heavy atom. The Morgan fingerprint density at radius 1 is 1.07 bits per heavy atom. The van der Waals surface area contributed by atoms with Gasteiger partial charge in [-0.05, 0) is 29.7 Å². The highest BCUT2D eigenvalue weighted by Gasteiger charge is 2.29. The smallest absolute Gasteiger partial charge is 0.304 e. The fourth-order valence-corrected chi connectivity index (χ4v) is 3.65. The van der Waals surface area contributed by atoms with Crippen LogP contribution in [0.25, 0.3) is 0 Å².